The Hall–Kier alpha value is -0.0300. The summed E-state index contributed by atoms with van der Waals surface area (Å²) >= 11 is 3.82. The van der Waals surface area contributed by atoms with Gasteiger partial charge in [0.2, 0.25) is 0 Å². The van der Waals surface area contributed by atoms with Gasteiger partial charge in [0.15, 0.2) is 0 Å². The molecular weight excluding hydrogens is 158 g/mol. The van der Waals surface area contributed by atoms with Crippen LogP contribution in [0.1, 0.15) is 6.92 Å². The highest BCUT2D eigenvalue weighted by Gasteiger charge is 2.05. The third-order valence-electron chi connectivity index (χ3n) is 0.866. The number of hydrogen-bond donors (Lipinski definition) is 2. The lowest BCUT2D eigenvalue weighted by Crippen LogP contribution is -2.28. The van der Waals surface area contributed by atoms with Gasteiger partial charge in [0.1, 0.15) is 0 Å². The highest BCUT2D eigenvalue weighted by Crippen LogP contribution is 2.07. The van der Waals surface area contributed by atoms with Crippen LogP contribution in [0.5, 0.6) is 0 Å². The van der Waals surface area contributed by atoms with Crippen molar-refractivity contribution < 1.29 is 9.90 Å². The van der Waals surface area contributed by atoms with Crippen LogP contribution >= 0.6 is 22.5 Å². The molecule has 0 saturated heterocycles. The van der Waals surface area contributed by atoms with Gasteiger partial charge in [0, 0.05) is 6.54 Å². The summed E-state index contributed by atoms with van der Waals surface area (Å²) in [7, 11) is 1.20. The van der Waals surface area contributed by atoms with Crippen molar-refractivity contribution in [2.45, 2.75) is 6.92 Å². The summed E-state index contributed by atoms with van der Waals surface area (Å²) in [5, 5.41) is 8.38. The van der Waals surface area contributed by atoms with E-state index >= 15 is 0 Å². The molecule has 0 aromatic rings. The molecule has 0 aliphatic rings. The van der Waals surface area contributed by atoms with E-state index in [0.29, 0.717) is 12.4 Å². The fraction of sp³-hybridized carbons (Fsp3) is 0.750. The van der Waals surface area contributed by atoms with Crippen LogP contribution in [0, 0.1) is 0 Å². The summed E-state index contributed by atoms with van der Waals surface area (Å²) in [6, 6.07) is 0. The molecule has 1 N–H and O–H groups in total. The summed E-state index contributed by atoms with van der Waals surface area (Å²) in [5.41, 5.74) is 0. The lowest BCUT2D eigenvalue weighted by Gasteiger charge is -2.13. The van der Waals surface area contributed by atoms with Gasteiger partial charge in [0.05, 0.1) is 5.88 Å². The van der Waals surface area contributed by atoms with Crippen LogP contribution in [0.4, 0.5) is 4.79 Å². The fourth-order valence-electron chi connectivity index (χ4n) is 0.351. The first-order valence-corrected chi connectivity index (χ1v) is 4.50. The van der Waals surface area contributed by atoms with Crippen LogP contribution in [-0.2, 0) is 0 Å². The SMILES string of the molecule is CCN(CSS)C(=O)O. The van der Waals surface area contributed by atoms with E-state index in [1.807, 2.05) is 0 Å². The van der Waals surface area contributed by atoms with Crippen molar-refractivity contribution >= 4 is 28.5 Å². The summed E-state index contributed by atoms with van der Waals surface area (Å²) in [6.07, 6.45) is -0.890. The maximum atomic E-state index is 10.2. The zero-order chi connectivity index (χ0) is 7.28. The average molecular weight is 167 g/mol. The second-order valence-electron chi connectivity index (χ2n) is 1.40. The Bertz CT molecular complexity index is 98.6. The Morgan fingerprint density at radius 3 is 2.56 bits per heavy atom. The maximum Gasteiger partial charge on any atom is 0.407 e. The maximum absolute atomic E-state index is 10.2. The summed E-state index contributed by atoms with van der Waals surface area (Å²) in [4.78, 5) is 11.5. The highest BCUT2D eigenvalue weighted by molar-refractivity contribution is 8.68. The number of amides is 1. The minimum Gasteiger partial charge on any atom is -0.465 e. The molecule has 0 heterocycles. The quantitative estimate of drug-likeness (QED) is 0.380. The fourth-order valence-corrected chi connectivity index (χ4v) is 1.20. The van der Waals surface area contributed by atoms with Crippen LogP contribution in [0.25, 0.3) is 0 Å². The third kappa shape index (κ3) is 3.53. The van der Waals surface area contributed by atoms with E-state index in [0.717, 1.165) is 0 Å². The monoisotopic (exact) mass is 167 g/mol. The van der Waals surface area contributed by atoms with Gasteiger partial charge in [0.25, 0.3) is 0 Å². The number of nitrogens with zero attached hydrogens (tertiary/aromatic N) is 1. The Morgan fingerprint density at radius 1 is 1.89 bits per heavy atom. The number of carboxylic acid groups (broad SMARTS) is 1. The molecule has 0 aliphatic carbocycles. The van der Waals surface area contributed by atoms with E-state index in [9.17, 15) is 4.79 Å². The standard InChI is InChI=1S/C4H9NO2S2/c1-2-5(3-9-8)4(6)7/h8H,2-3H2,1H3,(H,6,7). The Balaban J connectivity index is 3.54. The van der Waals surface area contributed by atoms with Gasteiger partial charge in [-0.1, -0.05) is 10.8 Å². The predicted molar refractivity (Wildman–Crippen MR) is 41.8 cm³/mol. The molecule has 0 aromatic carbocycles. The topological polar surface area (TPSA) is 40.5 Å². The number of rotatable bonds is 3. The minimum atomic E-state index is -0.890. The van der Waals surface area contributed by atoms with Gasteiger partial charge in [-0.2, -0.15) is 0 Å². The van der Waals surface area contributed by atoms with Gasteiger partial charge < -0.3 is 5.11 Å². The van der Waals surface area contributed by atoms with Crippen molar-refractivity contribution in [3.8, 4) is 0 Å². The molecule has 1 amide bonds. The molecule has 0 aliphatic heterocycles. The van der Waals surface area contributed by atoms with Crippen molar-refractivity contribution in [1.82, 2.24) is 4.90 Å². The second-order valence-corrected chi connectivity index (χ2v) is 2.69. The molecule has 0 radical (unpaired) electrons. The molecule has 0 rings (SSSR count). The van der Waals surface area contributed by atoms with Crippen LogP contribution in [0.2, 0.25) is 0 Å². The molecule has 0 spiro atoms. The average Bonchev–Trinajstić information content (AvgIpc) is 1.82. The summed E-state index contributed by atoms with van der Waals surface area (Å²) in [5.74, 6) is 0.426. The first-order valence-electron chi connectivity index (χ1n) is 2.46. The zero-order valence-electron chi connectivity index (χ0n) is 5.07. The van der Waals surface area contributed by atoms with Crippen molar-refractivity contribution in [1.29, 1.82) is 0 Å². The lowest BCUT2D eigenvalue weighted by atomic mass is 10.7. The highest BCUT2D eigenvalue weighted by atomic mass is 33.1. The first kappa shape index (κ1) is 8.97. The molecule has 5 heteroatoms. The van der Waals surface area contributed by atoms with Crippen molar-refractivity contribution in [3.63, 3.8) is 0 Å². The minimum absolute atomic E-state index is 0.426. The molecule has 0 fully saturated rings. The molecule has 54 valence electrons. The third-order valence-corrected chi connectivity index (χ3v) is 1.64. The van der Waals surface area contributed by atoms with Crippen LogP contribution in [0.3, 0.4) is 0 Å². The van der Waals surface area contributed by atoms with Crippen molar-refractivity contribution in [2.24, 2.45) is 0 Å². The van der Waals surface area contributed by atoms with Gasteiger partial charge in [-0.25, -0.2) is 4.79 Å². The van der Waals surface area contributed by atoms with E-state index in [4.69, 9.17) is 5.11 Å². The molecule has 9 heavy (non-hydrogen) atoms. The summed E-state index contributed by atoms with van der Waals surface area (Å²) < 4.78 is 0. The van der Waals surface area contributed by atoms with Crippen LogP contribution in [-0.4, -0.2) is 28.5 Å². The Labute approximate surface area is 63.2 Å². The molecule has 0 atom stereocenters. The molecule has 0 unspecified atom stereocenters. The summed E-state index contributed by atoms with van der Waals surface area (Å²) in [6.45, 7) is 2.31. The number of carbonyl (C=O) groups is 1. The smallest absolute Gasteiger partial charge is 0.407 e. The van der Waals surface area contributed by atoms with Gasteiger partial charge in [-0.15, -0.1) is 11.7 Å². The largest absolute Gasteiger partial charge is 0.465 e. The van der Waals surface area contributed by atoms with Crippen LogP contribution in [0.15, 0.2) is 0 Å². The van der Waals surface area contributed by atoms with Gasteiger partial charge in [-0.05, 0) is 6.92 Å². The van der Waals surface area contributed by atoms with E-state index in [1.54, 1.807) is 6.92 Å². The lowest BCUT2D eigenvalue weighted by molar-refractivity contribution is 0.156. The van der Waals surface area contributed by atoms with Crippen LogP contribution < -0.4 is 0 Å². The molecule has 0 bridgehead atoms. The second kappa shape index (κ2) is 4.81. The molecule has 0 aromatic heterocycles. The predicted octanol–water partition coefficient (Wildman–Crippen LogP) is 1.52. The Morgan fingerprint density at radius 2 is 2.44 bits per heavy atom. The number of hydrogen-bond acceptors (Lipinski definition) is 3. The van der Waals surface area contributed by atoms with E-state index < -0.39 is 6.09 Å². The normalized spacial score (nSPS) is 9.11. The van der Waals surface area contributed by atoms with E-state index in [-0.39, 0.29) is 0 Å². The van der Waals surface area contributed by atoms with E-state index in [1.165, 1.54) is 15.7 Å². The van der Waals surface area contributed by atoms with Gasteiger partial charge in [-0.3, -0.25) is 4.90 Å². The van der Waals surface area contributed by atoms with E-state index in [2.05, 4.69) is 11.7 Å². The number of thiol groups is 1. The Kier molecular flexibility index (Phi) is 4.80. The molecule has 3 nitrogen and oxygen atoms in total. The molecular formula is C4H9NO2S2. The van der Waals surface area contributed by atoms with Crippen molar-refractivity contribution in [2.75, 3.05) is 12.4 Å². The zero-order valence-corrected chi connectivity index (χ0v) is 6.78. The first-order chi connectivity index (χ1) is 4.22. The van der Waals surface area contributed by atoms with Gasteiger partial charge >= 0.3 is 6.09 Å². The van der Waals surface area contributed by atoms with Crippen molar-refractivity contribution in [3.05, 3.63) is 0 Å². The molecule has 0 saturated carbocycles.